The highest BCUT2D eigenvalue weighted by atomic mass is 35.5. The maximum Gasteiger partial charge on any atom is 0.213 e. The summed E-state index contributed by atoms with van der Waals surface area (Å²) < 4.78 is 26.7. The third kappa shape index (κ3) is 4.69. The van der Waals surface area contributed by atoms with Gasteiger partial charge < -0.3 is 5.32 Å². The van der Waals surface area contributed by atoms with Crippen LogP contribution < -0.4 is 10.0 Å². The summed E-state index contributed by atoms with van der Waals surface area (Å²) in [6, 6.07) is 5.97. The van der Waals surface area contributed by atoms with Crippen LogP contribution in [-0.4, -0.2) is 33.3 Å². The van der Waals surface area contributed by atoms with E-state index in [9.17, 15) is 8.42 Å². The molecule has 4 nitrogen and oxygen atoms in total. The lowest BCUT2D eigenvalue weighted by molar-refractivity contribution is 0.456. The van der Waals surface area contributed by atoms with Gasteiger partial charge >= 0.3 is 0 Å². The highest BCUT2D eigenvalue weighted by Gasteiger charge is 2.24. The molecule has 1 aromatic rings. The zero-order valence-corrected chi connectivity index (χ0v) is 15.7. The summed E-state index contributed by atoms with van der Waals surface area (Å²) in [5, 5.41) is 3.76. The molecule has 1 atom stereocenters. The van der Waals surface area contributed by atoms with E-state index in [0.29, 0.717) is 12.5 Å². The number of halogens is 1. The predicted octanol–water partition coefficient (Wildman–Crippen LogP) is 3.24. The van der Waals surface area contributed by atoms with Crippen LogP contribution in [0.5, 0.6) is 0 Å². The Balaban J connectivity index is 2.20. The Labute approximate surface area is 145 Å². The standard InChI is InChI=1S/C17H27ClN2O2S/c1-12(2)23(21,22)20-11-13(3)15-5-4-6-16(18)17(15)14-7-9-19-10-8-14/h4-6,12-14,19-20H,7-11H2,1-3H3. The Kier molecular flexibility index (Phi) is 6.48. The van der Waals surface area contributed by atoms with Gasteiger partial charge in [-0.05, 0) is 68.8 Å². The van der Waals surface area contributed by atoms with Gasteiger partial charge in [0.25, 0.3) is 0 Å². The predicted molar refractivity (Wildman–Crippen MR) is 96.8 cm³/mol. The molecule has 0 radical (unpaired) electrons. The number of benzene rings is 1. The van der Waals surface area contributed by atoms with Gasteiger partial charge in [0, 0.05) is 11.6 Å². The van der Waals surface area contributed by atoms with Gasteiger partial charge in [-0.25, -0.2) is 13.1 Å². The minimum Gasteiger partial charge on any atom is -0.317 e. The van der Waals surface area contributed by atoms with Crippen molar-refractivity contribution in [2.75, 3.05) is 19.6 Å². The lowest BCUT2D eigenvalue weighted by Crippen LogP contribution is -2.34. The van der Waals surface area contributed by atoms with Crippen LogP contribution in [0.4, 0.5) is 0 Å². The molecule has 1 aliphatic heterocycles. The van der Waals surface area contributed by atoms with Gasteiger partial charge in [0.2, 0.25) is 10.0 Å². The molecule has 1 saturated heterocycles. The summed E-state index contributed by atoms with van der Waals surface area (Å²) in [5.74, 6) is 0.538. The van der Waals surface area contributed by atoms with Crippen molar-refractivity contribution in [2.45, 2.75) is 50.7 Å². The highest BCUT2D eigenvalue weighted by Crippen LogP contribution is 2.36. The maximum absolute atomic E-state index is 12.0. The van der Waals surface area contributed by atoms with Crippen molar-refractivity contribution in [3.05, 3.63) is 34.3 Å². The molecule has 1 aromatic carbocycles. The summed E-state index contributed by atoms with van der Waals surface area (Å²) in [5.41, 5.74) is 2.36. The van der Waals surface area contributed by atoms with E-state index in [-0.39, 0.29) is 5.92 Å². The van der Waals surface area contributed by atoms with E-state index in [0.717, 1.165) is 36.5 Å². The number of nitrogens with one attached hydrogen (secondary N) is 2. The summed E-state index contributed by atoms with van der Waals surface area (Å²) in [4.78, 5) is 0. The van der Waals surface area contributed by atoms with Gasteiger partial charge in [0.15, 0.2) is 0 Å². The summed E-state index contributed by atoms with van der Waals surface area (Å²) in [7, 11) is -3.24. The number of hydrogen-bond donors (Lipinski definition) is 2. The molecule has 0 bridgehead atoms. The van der Waals surface area contributed by atoms with Crippen LogP contribution in [0, 0.1) is 0 Å². The summed E-state index contributed by atoms with van der Waals surface area (Å²) >= 11 is 6.49. The smallest absolute Gasteiger partial charge is 0.213 e. The first-order valence-corrected chi connectivity index (χ1v) is 10.2. The largest absolute Gasteiger partial charge is 0.317 e. The van der Waals surface area contributed by atoms with E-state index in [2.05, 4.69) is 23.0 Å². The molecule has 0 aromatic heterocycles. The minimum absolute atomic E-state index is 0.0899. The average Bonchev–Trinajstić information content (AvgIpc) is 2.53. The Morgan fingerprint density at radius 1 is 1.26 bits per heavy atom. The second-order valence-corrected chi connectivity index (χ2v) is 9.34. The minimum atomic E-state index is -3.24. The van der Waals surface area contributed by atoms with Crippen molar-refractivity contribution in [1.29, 1.82) is 0 Å². The number of piperidine rings is 1. The monoisotopic (exact) mass is 358 g/mol. The zero-order valence-electron chi connectivity index (χ0n) is 14.1. The molecule has 0 saturated carbocycles. The Bertz CT molecular complexity index is 625. The molecule has 23 heavy (non-hydrogen) atoms. The molecule has 1 fully saturated rings. The first-order valence-electron chi connectivity index (χ1n) is 8.30. The molecule has 130 valence electrons. The van der Waals surface area contributed by atoms with Gasteiger partial charge in [0.1, 0.15) is 0 Å². The summed E-state index contributed by atoms with van der Waals surface area (Å²) in [6.45, 7) is 7.84. The highest BCUT2D eigenvalue weighted by molar-refractivity contribution is 7.90. The number of hydrogen-bond acceptors (Lipinski definition) is 3. The lowest BCUT2D eigenvalue weighted by atomic mass is 9.83. The fraction of sp³-hybridized carbons (Fsp3) is 0.647. The second-order valence-electron chi connectivity index (χ2n) is 6.61. The van der Waals surface area contributed by atoms with Crippen LogP contribution in [0.25, 0.3) is 0 Å². The Morgan fingerprint density at radius 3 is 2.52 bits per heavy atom. The van der Waals surface area contributed by atoms with Gasteiger partial charge in [-0.1, -0.05) is 30.7 Å². The first-order chi connectivity index (χ1) is 10.8. The van der Waals surface area contributed by atoms with Gasteiger partial charge in [0.05, 0.1) is 5.25 Å². The second kappa shape index (κ2) is 7.97. The zero-order chi connectivity index (χ0) is 17.0. The van der Waals surface area contributed by atoms with E-state index >= 15 is 0 Å². The van der Waals surface area contributed by atoms with E-state index in [4.69, 9.17) is 11.6 Å². The van der Waals surface area contributed by atoms with Crippen LogP contribution >= 0.6 is 11.6 Å². The lowest BCUT2D eigenvalue weighted by Gasteiger charge is -2.28. The van der Waals surface area contributed by atoms with Crippen molar-refractivity contribution >= 4 is 21.6 Å². The van der Waals surface area contributed by atoms with Crippen LogP contribution in [0.1, 0.15) is 56.6 Å². The molecule has 0 spiro atoms. The molecule has 6 heteroatoms. The molecule has 2 N–H and O–H groups in total. The van der Waals surface area contributed by atoms with Crippen molar-refractivity contribution in [3.63, 3.8) is 0 Å². The maximum atomic E-state index is 12.0. The Hall–Kier alpha value is -0.620. The quantitative estimate of drug-likeness (QED) is 0.820. The van der Waals surface area contributed by atoms with E-state index in [1.165, 1.54) is 5.56 Å². The first kappa shape index (κ1) is 18.7. The van der Waals surface area contributed by atoms with Crippen molar-refractivity contribution in [3.8, 4) is 0 Å². The Morgan fingerprint density at radius 2 is 1.91 bits per heavy atom. The summed E-state index contributed by atoms with van der Waals surface area (Å²) in [6.07, 6.45) is 2.14. The molecule has 1 unspecified atom stereocenters. The SMILES string of the molecule is CC(CNS(=O)(=O)C(C)C)c1cccc(Cl)c1C1CCNCC1. The van der Waals surface area contributed by atoms with Crippen molar-refractivity contribution in [1.82, 2.24) is 10.0 Å². The van der Waals surface area contributed by atoms with E-state index in [1.54, 1.807) is 13.8 Å². The van der Waals surface area contributed by atoms with Crippen LogP contribution in [0.3, 0.4) is 0 Å². The molecular formula is C17H27ClN2O2S. The van der Waals surface area contributed by atoms with Crippen LogP contribution in [-0.2, 0) is 10.0 Å². The van der Waals surface area contributed by atoms with Crippen LogP contribution in [0.2, 0.25) is 5.02 Å². The van der Waals surface area contributed by atoms with Crippen molar-refractivity contribution < 1.29 is 8.42 Å². The number of sulfonamides is 1. The topological polar surface area (TPSA) is 58.2 Å². The average molecular weight is 359 g/mol. The molecule has 2 rings (SSSR count). The molecule has 0 aliphatic carbocycles. The normalized spacial score (nSPS) is 18.3. The van der Waals surface area contributed by atoms with Crippen molar-refractivity contribution in [2.24, 2.45) is 0 Å². The third-order valence-corrected chi connectivity index (χ3v) is 6.72. The van der Waals surface area contributed by atoms with Gasteiger partial charge in [-0.15, -0.1) is 0 Å². The fourth-order valence-corrected chi connectivity index (χ4v) is 4.19. The molecule has 0 amide bonds. The van der Waals surface area contributed by atoms with E-state index in [1.807, 2.05) is 12.1 Å². The van der Waals surface area contributed by atoms with Crippen LogP contribution in [0.15, 0.2) is 18.2 Å². The molecule has 1 aliphatic rings. The van der Waals surface area contributed by atoms with Gasteiger partial charge in [-0.2, -0.15) is 0 Å². The fourth-order valence-electron chi connectivity index (χ4n) is 3.04. The van der Waals surface area contributed by atoms with Gasteiger partial charge in [-0.3, -0.25) is 0 Å². The van der Waals surface area contributed by atoms with E-state index < -0.39 is 15.3 Å². The third-order valence-electron chi connectivity index (χ3n) is 4.58. The number of rotatable bonds is 6. The molecular weight excluding hydrogens is 332 g/mol. The molecule has 1 heterocycles.